The number of hydrogen-bond acceptors (Lipinski definition) is 4. The van der Waals surface area contributed by atoms with E-state index in [2.05, 4.69) is 12.1 Å². The number of amides is 2. The average Bonchev–Trinajstić information content (AvgIpc) is 3.22. The van der Waals surface area contributed by atoms with Crippen LogP contribution in [0, 0.1) is 0 Å². The molecule has 5 rings (SSSR count). The van der Waals surface area contributed by atoms with E-state index in [9.17, 15) is 9.59 Å². The summed E-state index contributed by atoms with van der Waals surface area (Å²) in [5.41, 5.74) is 1.20. The molecule has 3 aromatic carbocycles. The van der Waals surface area contributed by atoms with Gasteiger partial charge in [-0.3, -0.25) is 9.69 Å². The van der Waals surface area contributed by atoms with E-state index in [0.29, 0.717) is 19.7 Å². The molecule has 0 N–H and O–H groups in total. The maximum Gasteiger partial charge on any atom is 0.410 e. The van der Waals surface area contributed by atoms with Crippen LogP contribution in [0.3, 0.4) is 0 Å². The summed E-state index contributed by atoms with van der Waals surface area (Å²) in [6, 6.07) is 24.2. The molecule has 2 fully saturated rings. The number of fused-ring (bicyclic) bond motifs is 1. The van der Waals surface area contributed by atoms with Crippen LogP contribution in [-0.2, 0) is 16.0 Å². The highest BCUT2D eigenvalue weighted by Gasteiger charge is 2.39. The fourth-order valence-corrected chi connectivity index (χ4v) is 4.91. The third-order valence-corrected chi connectivity index (χ3v) is 6.63. The molecule has 1 unspecified atom stereocenters. The smallest absolute Gasteiger partial charge is 0.410 e. The molecular formula is C27H28N2O4. The molecule has 0 spiro atoms. The average molecular weight is 445 g/mol. The summed E-state index contributed by atoms with van der Waals surface area (Å²) in [6.45, 7) is 1.67. The molecule has 0 saturated carbocycles. The molecule has 2 aliphatic heterocycles. The standard InChI is InChI=1S/C27H28N2O4/c30-26(19-32-25-12-6-10-21-9-4-5-11-24(21)25)28-15-13-22(14-16-28)29-23(18-33-27(29)31)17-20-7-2-1-3-8-20/h1-12,22-23H,13-19H2. The second kappa shape index (κ2) is 9.53. The lowest BCUT2D eigenvalue weighted by atomic mass is 9.99. The first-order valence-electron chi connectivity index (χ1n) is 11.6. The van der Waals surface area contributed by atoms with Gasteiger partial charge in [-0.1, -0.05) is 66.7 Å². The van der Waals surface area contributed by atoms with Crippen molar-refractivity contribution in [1.82, 2.24) is 9.80 Å². The first-order chi connectivity index (χ1) is 16.2. The van der Waals surface area contributed by atoms with E-state index >= 15 is 0 Å². The minimum absolute atomic E-state index is 0.0149. The zero-order valence-corrected chi connectivity index (χ0v) is 18.6. The molecule has 2 heterocycles. The minimum Gasteiger partial charge on any atom is -0.483 e. The first-order valence-corrected chi connectivity index (χ1v) is 11.6. The highest BCUT2D eigenvalue weighted by Crippen LogP contribution is 2.27. The summed E-state index contributed by atoms with van der Waals surface area (Å²) in [4.78, 5) is 29.0. The van der Waals surface area contributed by atoms with Gasteiger partial charge in [0.05, 0.1) is 6.04 Å². The van der Waals surface area contributed by atoms with Gasteiger partial charge in [-0.25, -0.2) is 4.79 Å². The van der Waals surface area contributed by atoms with Crippen LogP contribution in [-0.4, -0.2) is 60.2 Å². The van der Waals surface area contributed by atoms with Crippen LogP contribution < -0.4 is 4.74 Å². The number of cyclic esters (lactones) is 1. The summed E-state index contributed by atoms with van der Waals surface area (Å²) >= 11 is 0. The van der Waals surface area contributed by atoms with E-state index in [1.807, 2.05) is 70.5 Å². The molecule has 6 heteroatoms. The minimum atomic E-state index is -0.236. The number of ether oxygens (including phenoxy) is 2. The molecule has 33 heavy (non-hydrogen) atoms. The Kier molecular flexibility index (Phi) is 6.15. The lowest BCUT2D eigenvalue weighted by molar-refractivity contribution is -0.134. The molecule has 2 amide bonds. The number of rotatable bonds is 6. The SMILES string of the molecule is O=C(COc1cccc2ccccc12)N1CCC(N2C(=O)OCC2Cc2ccccc2)CC1. The topological polar surface area (TPSA) is 59.1 Å². The third-order valence-electron chi connectivity index (χ3n) is 6.63. The van der Waals surface area contributed by atoms with Crippen molar-refractivity contribution in [2.45, 2.75) is 31.3 Å². The van der Waals surface area contributed by atoms with Crippen molar-refractivity contribution < 1.29 is 19.1 Å². The summed E-state index contributed by atoms with van der Waals surface area (Å²) in [7, 11) is 0. The second-order valence-corrected chi connectivity index (χ2v) is 8.71. The monoisotopic (exact) mass is 444 g/mol. The Hall–Kier alpha value is -3.54. The van der Waals surface area contributed by atoms with E-state index in [1.165, 1.54) is 5.56 Å². The van der Waals surface area contributed by atoms with E-state index in [-0.39, 0.29) is 30.7 Å². The van der Waals surface area contributed by atoms with Crippen molar-refractivity contribution in [1.29, 1.82) is 0 Å². The Bertz CT molecular complexity index is 1120. The normalized spacial score (nSPS) is 19.0. The molecule has 0 aromatic heterocycles. The van der Waals surface area contributed by atoms with Gasteiger partial charge in [0.2, 0.25) is 0 Å². The van der Waals surface area contributed by atoms with Crippen molar-refractivity contribution in [2.24, 2.45) is 0 Å². The van der Waals surface area contributed by atoms with Gasteiger partial charge in [0.25, 0.3) is 5.91 Å². The Morgan fingerprint density at radius 3 is 2.48 bits per heavy atom. The molecule has 0 bridgehead atoms. The summed E-state index contributed by atoms with van der Waals surface area (Å²) < 4.78 is 11.3. The Balaban J connectivity index is 1.16. The van der Waals surface area contributed by atoms with E-state index in [0.717, 1.165) is 35.8 Å². The van der Waals surface area contributed by atoms with Crippen LogP contribution >= 0.6 is 0 Å². The van der Waals surface area contributed by atoms with Crippen LogP contribution in [0.5, 0.6) is 5.75 Å². The molecule has 1 atom stereocenters. The second-order valence-electron chi connectivity index (χ2n) is 8.71. The summed E-state index contributed by atoms with van der Waals surface area (Å²) in [5.74, 6) is 0.700. The van der Waals surface area contributed by atoms with Crippen molar-refractivity contribution >= 4 is 22.8 Å². The predicted octanol–water partition coefficient (Wildman–Crippen LogP) is 4.27. The number of hydrogen-bond donors (Lipinski definition) is 0. The van der Waals surface area contributed by atoms with Crippen LogP contribution in [0.1, 0.15) is 18.4 Å². The number of carbonyl (C=O) groups is 2. The molecular weight excluding hydrogens is 416 g/mol. The molecule has 6 nitrogen and oxygen atoms in total. The zero-order chi connectivity index (χ0) is 22.6. The van der Waals surface area contributed by atoms with Crippen LogP contribution in [0.4, 0.5) is 4.79 Å². The first kappa shape index (κ1) is 21.3. The molecule has 2 saturated heterocycles. The van der Waals surface area contributed by atoms with Gasteiger partial charge in [-0.2, -0.15) is 0 Å². The van der Waals surface area contributed by atoms with E-state index < -0.39 is 0 Å². The molecule has 2 aliphatic rings. The van der Waals surface area contributed by atoms with Gasteiger partial charge >= 0.3 is 6.09 Å². The lowest BCUT2D eigenvalue weighted by Crippen LogP contribution is -2.50. The number of benzene rings is 3. The number of likely N-dealkylation sites (tertiary alicyclic amines) is 1. The third kappa shape index (κ3) is 4.65. The maximum absolute atomic E-state index is 12.8. The van der Waals surface area contributed by atoms with Crippen molar-refractivity contribution in [3.63, 3.8) is 0 Å². The molecule has 0 radical (unpaired) electrons. The van der Waals surface area contributed by atoms with E-state index in [1.54, 1.807) is 0 Å². The van der Waals surface area contributed by atoms with Crippen LogP contribution in [0.2, 0.25) is 0 Å². The van der Waals surface area contributed by atoms with Crippen LogP contribution in [0.15, 0.2) is 72.8 Å². The number of carbonyl (C=O) groups excluding carboxylic acids is 2. The quantitative estimate of drug-likeness (QED) is 0.570. The van der Waals surface area contributed by atoms with E-state index in [4.69, 9.17) is 9.47 Å². The van der Waals surface area contributed by atoms with Crippen molar-refractivity contribution in [2.75, 3.05) is 26.3 Å². The van der Waals surface area contributed by atoms with Gasteiger partial charge in [0, 0.05) is 24.5 Å². The lowest BCUT2D eigenvalue weighted by Gasteiger charge is -2.37. The Morgan fingerprint density at radius 2 is 1.67 bits per heavy atom. The Morgan fingerprint density at radius 1 is 0.939 bits per heavy atom. The number of nitrogens with zero attached hydrogens (tertiary/aromatic N) is 2. The highest BCUT2D eigenvalue weighted by atomic mass is 16.6. The van der Waals surface area contributed by atoms with Crippen molar-refractivity contribution in [3.8, 4) is 5.75 Å². The Labute approximate surface area is 193 Å². The fraction of sp³-hybridized carbons (Fsp3) is 0.333. The fourth-order valence-electron chi connectivity index (χ4n) is 4.91. The van der Waals surface area contributed by atoms with Gasteiger partial charge in [0.1, 0.15) is 12.4 Å². The van der Waals surface area contributed by atoms with Crippen LogP contribution in [0.25, 0.3) is 10.8 Å². The van der Waals surface area contributed by atoms with Gasteiger partial charge < -0.3 is 14.4 Å². The van der Waals surface area contributed by atoms with Gasteiger partial charge in [0.15, 0.2) is 6.61 Å². The number of piperidine rings is 1. The summed E-state index contributed by atoms with van der Waals surface area (Å²) in [5, 5.41) is 2.09. The van der Waals surface area contributed by atoms with Gasteiger partial charge in [-0.15, -0.1) is 0 Å². The summed E-state index contributed by atoms with van der Waals surface area (Å²) in [6.07, 6.45) is 2.05. The zero-order valence-electron chi connectivity index (χ0n) is 18.6. The molecule has 170 valence electrons. The largest absolute Gasteiger partial charge is 0.483 e. The molecule has 3 aromatic rings. The van der Waals surface area contributed by atoms with Crippen molar-refractivity contribution in [3.05, 3.63) is 78.4 Å². The van der Waals surface area contributed by atoms with Gasteiger partial charge in [-0.05, 0) is 36.3 Å². The molecule has 0 aliphatic carbocycles. The maximum atomic E-state index is 12.8. The predicted molar refractivity (Wildman–Crippen MR) is 126 cm³/mol. The highest BCUT2D eigenvalue weighted by molar-refractivity contribution is 5.88.